The van der Waals surface area contributed by atoms with E-state index in [2.05, 4.69) is 0 Å². The third kappa shape index (κ3) is 6.25. The van der Waals surface area contributed by atoms with Crippen molar-refractivity contribution >= 4 is 0 Å². The highest BCUT2D eigenvalue weighted by Gasteiger charge is 2.32. The Balaban J connectivity index is 2.91. The van der Waals surface area contributed by atoms with Gasteiger partial charge in [0.25, 0.3) is 0 Å². The summed E-state index contributed by atoms with van der Waals surface area (Å²) >= 11 is 0. The van der Waals surface area contributed by atoms with Crippen molar-refractivity contribution in [1.82, 2.24) is 0 Å². The van der Waals surface area contributed by atoms with Crippen LogP contribution in [0.5, 0.6) is 11.5 Å². The van der Waals surface area contributed by atoms with E-state index in [-0.39, 0.29) is 5.56 Å². The first-order valence-electron chi connectivity index (χ1n) is 7.01. The first kappa shape index (κ1) is 17.6. The van der Waals surface area contributed by atoms with E-state index in [1.807, 2.05) is 13.8 Å². The number of benzene rings is 1. The molecule has 1 aromatic carbocycles. The fraction of sp³-hybridized carbons (Fsp3) is 0.600. The van der Waals surface area contributed by atoms with Crippen molar-refractivity contribution in [1.29, 1.82) is 0 Å². The second-order valence-corrected chi connectivity index (χ2v) is 4.74. The zero-order valence-corrected chi connectivity index (χ0v) is 12.2. The standard InChI is InChI=1S/C15H21F3O3/c1-3-7-20-13-6-5-11(9-14(13)21-8-4-2)12(19)10-15(16,17)18/h5-6,9,12,19H,3-4,7-8,10H2,1-2H3. The maximum Gasteiger partial charge on any atom is 0.391 e. The Labute approximate surface area is 122 Å². The van der Waals surface area contributed by atoms with Crippen LogP contribution in [0.1, 0.15) is 44.8 Å². The molecule has 1 unspecified atom stereocenters. The first-order chi connectivity index (χ1) is 9.87. The molecule has 3 nitrogen and oxygen atoms in total. The Morgan fingerprint density at radius 3 is 2.14 bits per heavy atom. The zero-order valence-electron chi connectivity index (χ0n) is 12.2. The quantitative estimate of drug-likeness (QED) is 0.780. The molecule has 0 saturated heterocycles. The maximum atomic E-state index is 12.3. The molecule has 0 aliphatic carbocycles. The summed E-state index contributed by atoms with van der Waals surface area (Å²) < 4.78 is 48.0. The van der Waals surface area contributed by atoms with E-state index in [4.69, 9.17) is 9.47 Å². The van der Waals surface area contributed by atoms with E-state index in [1.165, 1.54) is 18.2 Å². The third-order valence-electron chi connectivity index (χ3n) is 2.70. The van der Waals surface area contributed by atoms with Gasteiger partial charge in [-0.05, 0) is 30.5 Å². The molecule has 6 heteroatoms. The molecule has 1 aromatic rings. The highest BCUT2D eigenvalue weighted by molar-refractivity contribution is 5.43. The molecule has 0 saturated carbocycles. The number of aliphatic hydroxyl groups is 1. The van der Waals surface area contributed by atoms with Crippen molar-refractivity contribution in [3.8, 4) is 11.5 Å². The van der Waals surface area contributed by atoms with Gasteiger partial charge in [0, 0.05) is 0 Å². The van der Waals surface area contributed by atoms with Gasteiger partial charge in [0.15, 0.2) is 11.5 Å². The number of hydrogen-bond acceptors (Lipinski definition) is 3. The number of rotatable bonds is 8. The van der Waals surface area contributed by atoms with Crippen LogP contribution in [0.25, 0.3) is 0 Å². The lowest BCUT2D eigenvalue weighted by Crippen LogP contribution is -2.13. The minimum atomic E-state index is -4.42. The molecule has 0 aliphatic rings. The monoisotopic (exact) mass is 306 g/mol. The van der Waals surface area contributed by atoms with E-state index in [0.29, 0.717) is 24.7 Å². The Morgan fingerprint density at radius 2 is 1.62 bits per heavy atom. The van der Waals surface area contributed by atoms with Gasteiger partial charge in [-0.3, -0.25) is 0 Å². The number of aliphatic hydroxyl groups excluding tert-OH is 1. The number of alkyl halides is 3. The van der Waals surface area contributed by atoms with Crippen molar-refractivity contribution in [2.45, 2.75) is 45.4 Å². The van der Waals surface area contributed by atoms with E-state index < -0.39 is 18.7 Å². The molecule has 0 aromatic heterocycles. The summed E-state index contributed by atoms with van der Waals surface area (Å²) in [5.41, 5.74) is 0.169. The van der Waals surface area contributed by atoms with Crippen molar-refractivity contribution in [2.24, 2.45) is 0 Å². The Bertz CT molecular complexity index is 433. The van der Waals surface area contributed by atoms with Crippen molar-refractivity contribution in [3.63, 3.8) is 0 Å². The molecule has 120 valence electrons. The molecule has 1 atom stereocenters. The Kier molecular flexibility index (Phi) is 6.81. The number of halogens is 3. The van der Waals surface area contributed by atoms with Gasteiger partial charge in [-0.15, -0.1) is 0 Å². The van der Waals surface area contributed by atoms with E-state index in [9.17, 15) is 18.3 Å². The molecule has 0 heterocycles. The van der Waals surface area contributed by atoms with Gasteiger partial charge in [-0.1, -0.05) is 19.9 Å². The molecule has 0 bridgehead atoms. The van der Waals surface area contributed by atoms with Gasteiger partial charge >= 0.3 is 6.18 Å². The average Bonchev–Trinajstić information content (AvgIpc) is 2.41. The summed E-state index contributed by atoms with van der Waals surface area (Å²) in [5.74, 6) is 0.845. The van der Waals surface area contributed by atoms with Crippen LogP contribution < -0.4 is 9.47 Å². The molecule has 0 fully saturated rings. The summed E-state index contributed by atoms with van der Waals surface area (Å²) in [6.07, 6.45) is -5.72. The van der Waals surface area contributed by atoms with Crippen molar-refractivity contribution < 1.29 is 27.8 Å². The second-order valence-electron chi connectivity index (χ2n) is 4.74. The Hall–Kier alpha value is -1.43. The minimum absolute atomic E-state index is 0.169. The lowest BCUT2D eigenvalue weighted by Gasteiger charge is -2.17. The smallest absolute Gasteiger partial charge is 0.391 e. The fourth-order valence-electron chi connectivity index (χ4n) is 1.73. The number of ether oxygens (including phenoxy) is 2. The number of hydrogen-bond donors (Lipinski definition) is 1. The van der Waals surface area contributed by atoms with Crippen LogP contribution in [0, 0.1) is 0 Å². The topological polar surface area (TPSA) is 38.7 Å². The minimum Gasteiger partial charge on any atom is -0.490 e. The van der Waals surface area contributed by atoms with Gasteiger partial charge in [-0.25, -0.2) is 0 Å². The van der Waals surface area contributed by atoms with Gasteiger partial charge in [0.2, 0.25) is 0 Å². The predicted octanol–water partition coefficient (Wildman–Crippen LogP) is 4.25. The van der Waals surface area contributed by atoms with Crippen molar-refractivity contribution in [3.05, 3.63) is 23.8 Å². The van der Waals surface area contributed by atoms with Crippen LogP contribution in [0.4, 0.5) is 13.2 Å². The largest absolute Gasteiger partial charge is 0.490 e. The normalized spacial score (nSPS) is 13.0. The molecule has 0 spiro atoms. The van der Waals surface area contributed by atoms with Crippen LogP contribution in [0.3, 0.4) is 0 Å². The summed E-state index contributed by atoms with van der Waals surface area (Å²) in [6.45, 7) is 4.80. The molecular formula is C15H21F3O3. The maximum absolute atomic E-state index is 12.3. The summed E-state index contributed by atoms with van der Waals surface area (Å²) in [5, 5.41) is 9.66. The fourth-order valence-corrected chi connectivity index (χ4v) is 1.73. The summed E-state index contributed by atoms with van der Waals surface area (Å²) in [6, 6.07) is 4.38. The molecule has 0 radical (unpaired) electrons. The van der Waals surface area contributed by atoms with Gasteiger partial charge in [-0.2, -0.15) is 13.2 Å². The van der Waals surface area contributed by atoms with Gasteiger partial charge < -0.3 is 14.6 Å². The summed E-state index contributed by atoms with van der Waals surface area (Å²) in [7, 11) is 0. The molecular weight excluding hydrogens is 285 g/mol. The third-order valence-corrected chi connectivity index (χ3v) is 2.70. The van der Waals surface area contributed by atoms with Gasteiger partial charge in [0.05, 0.1) is 25.7 Å². The average molecular weight is 306 g/mol. The lowest BCUT2D eigenvalue weighted by atomic mass is 10.1. The molecule has 0 amide bonds. The van der Waals surface area contributed by atoms with E-state index in [0.717, 1.165) is 12.8 Å². The predicted molar refractivity (Wildman–Crippen MR) is 73.6 cm³/mol. The van der Waals surface area contributed by atoms with E-state index >= 15 is 0 Å². The highest BCUT2D eigenvalue weighted by atomic mass is 19.4. The molecule has 1 rings (SSSR count). The van der Waals surface area contributed by atoms with E-state index in [1.54, 1.807) is 0 Å². The SMILES string of the molecule is CCCOc1ccc(C(O)CC(F)(F)F)cc1OCCC. The van der Waals surface area contributed by atoms with Gasteiger partial charge in [0.1, 0.15) is 0 Å². The summed E-state index contributed by atoms with van der Waals surface area (Å²) in [4.78, 5) is 0. The van der Waals surface area contributed by atoms with Crippen LogP contribution in [-0.2, 0) is 0 Å². The first-order valence-corrected chi connectivity index (χ1v) is 7.01. The molecule has 21 heavy (non-hydrogen) atoms. The second kappa shape index (κ2) is 8.12. The van der Waals surface area contributed by atoms with Crippen LogP contribution in [0.15, 0.2) is 18.2 Å². The van der Waals surface area contributed by atoms with Crippen LogP contribution in [0.2, 0.25) is 0 Å². The Morgan fingerprint density at radius 1 is 1.05 bits per heavy atom. The molecule has 0 aliphatic heterocycles. The zero-order chi connectivity index (χ0) is 15.9. The highest BCUT2D eigenvalue weighted by Crippen LogP contribution is 2.35. The van der Waals surface area contributed by atoms with Crippen LogP contribution in [-0.4, -0.2) is 24.5 Å². The van der Waals surface area contributed by atoms with Crippen molar-refractivity contribution in [2.75, 3.05) is 13.2 Å². The molecule has 1 N–H and O–H groups in total. The lowest BCUT2D eigenvalue weighted by molar-refractivity contribution is -0.154. The van der Waals surface area contributed by atoms with Crippen LogP contribution >= 0.6 is 0 Å².